The number of carbonyl (C=O) groups excluding carboxylic acids is 1. The molecule has 8 heteroatoms. The minimum Gasteiger partial charge on any atom is -0.444 e. The Morgan fingerprint density at radius 1 is 1.18 bits per heavy atom. The quantitative estimate of drug-likeness (QED) is 0.626. The van der Waals surface area contributed by atoms with Crippen LogP contribution in [-0.4, -0.2) is 41.8 Å². The molecule has 1 saturated heterocycles. The first-order chi connectivity index (χ1) is 16.1. The Kier molecular flexibility index (Phi) is 5.12. The van der Waals surface area contributed by atoms with E-state index in [-0.39, 0.29) is 29.3 Å². The normalized spacial score (nSPS) is 25.3. The van der Waals surface area contributed by atoms with E-state index >= 15 is 0 Å². The van der Waals surface area contributed by atoms with Gasteiger partial charge in [-0.1, -0.05) is 6.07 Å². The number of benzene rings is 2. The first-order valence-corrected chi connectivity index (χ1v) is 11.6. The monoisotopic (exact) mass is 465 g/mol. The summed E-state index contributed by atoms with van der Waals surface area (Å²) < 4.78 is 32.8. The molecule has 1 aliphatic carbocycles. The van der Waals surface area contributed by atoms with Crippen molar-refractivity contribution in [3.8, 4) is 17.6 Å². The van der Waals surface area contributed by atoms with Crippen molar-refractivity contribution in [1.82, 2.24) is 4.90 Å². The molecule has 2 aromatic rings. The zero-order valence-corrected chi connectivity index (χ0v) is 19.8. The van der Waals surface area contributed by atoms with Gasteiger partial charge in [-0.05, 0) is 63.9 Å². The Hall–Kier alpha value is -3.47. The van der Waals surface area contributed by atoms with Crippen LogP contribution >= 0.6 is 0 Å². The molecule has 34 heavy (non-hydrogen) atoms. The summed E-state index contributed by atoms with van der Waals surface area (Å²) >= 11 is 0. The van der Waals surface area contributed by atoms with Crippen LogP contribution in [0.1, 0.15) is 51.7 Å². The number of anilines is 1. The lowest BCUT2D eigenvalue weighted by atomic mass is 9.81. The van der Waals surface area contributed by atoms with Gasteiger partial charge in [-0.15, -0.1) is 0 Å². The van der Waals surface area contributed by atoms with Gasteiger partial charge in [0.05, 0.1) is 28.9 Å². The predicted molar refractivity (Wildman–Crippen MR) is 123 cm³/mol. The van der Waals surface area contributed by atoms with Gasteiger partial charge in [-0.2, -0.15) is 5.26 Å². The van der Waals surface area contributed by atoms with Crippen molar-refractivity contribution in [3.63, 3.8) is 0 Å². The maximum absolute atomic E-state index is 14.8. The number of hydrogen-bond donors (Lipinski definition) is 0. The second kappa shape index (κ2) is 7.79. The van der Waals surface area contributed by atoms with E-state index in [2.05, 4.69) is 4.90 Å². The Morgan fingerprint density at radius 3 is 2.59 bits per heavy atom. The van der Waals surface area contributed by atoms with Gasteiger partial charge in [-0.3, -0.25) is 0 Å². The van der Waals surface area contributed by atoms with Gasteiger partial charge in [0.2, 0.25) is 0 Å². The minimum atomic E-state index is -1.35. The number of fused-ring (bicyclic) bond motifs is 2. The van der Waals surface area contributed by atoms with Gasteiger partial charge in [0.15, 0.2) is 11.5 Å². The lowest BCUT2D eigenvalue weighted by Gasteiger charge is -2.54. The van der Waals surface area contributed by atoms with Crippen molar-refractivity contribution >= 4 is 11.8 Å². The molecule has 0 radical (unpaired) electrons. The zero-order valence-electron chi connectivity index (χ0n) is 19.8. The average Bonchev–Trinajstić information content (AvgIpc) is 3.09. The molecule has 178 valence electrons. The molecule has 0 bridgehead atoms. The molecule has 5 rings (SSSR count). The third-order valence-corrected chi connectivity index (χ3v) is 6.67. The van der Waals surface area contributed by atoms with Crippen LogP contribution in [0.4, 0.5) is 14.9 Å². The van der Waals surface area contributed by atoms with Gasteiger partial charge in [-0.25, -0.2) is 9.18 Å². The smallest absolute Gasteiger partial charge is 0.410 e. The molecule has 3 aliphatic rings. The lowest BCUT2D eigenvalue weighted by Crippen LogP contribution is -2.66. The van der Waals surface area contributed by atoms with E-state index in [1.54, 1.807) is 19.1 Å². The van der Waals surface area contributed by atoms with Crippen molar-refractivity contribution < 1.29 is 23.4 Å². The topological polar surface area (TPSA) is 75.0 Å². The molecule has 0 N–H and O–H groups in total. The number of ether oxygens (including phenoxy) is 3. The molecule has 0 spiro atoms. The van der Waals surface area contributed by atoms with E-state index in [0.29, 0.717) is 24.6 Å². The number of piperazine rings is 1. The van der Waals surface area contributed by atoms with E-state index in [1.165, 1.54) is 12.1 Å². The lowest BCUT2D eigenvalue weighted by molar-refractivity contribution is -0.0706. The Balaban J connectivity index is 1.40. The molecule has 2 aromatic carbocycles. The molecule has 2 aliphatic heterocycles. The molecule has 2 fully saturated rings. The second-order valence-corrected chi connectivity index (χ2v) is 10.1. The van der Waals surface area contributed by atoms with Crippen LogP contribution in [0.25, 0.3) is 0 Å². The summed E-state index contributed by atoms with van der Waals surface area (Å²) in [7, 11) is 0. The fourth-order valence-electron chi connectivity index (χ4n) is 4.99. The Labute approximate surface area is 198 Å². The Morgan fingerprint density at radius 2 is 1.94 bits per heavy atom. The van der Waals surface area contributed by atoms with E-state index in [0.717, 1.165) is 18.5 Å². The van der Waals surface area contributed by atoms with Crippen molar-refractivity contribution in [2.45, 2.75) is 64.0 Å². The fourth-order valence-corrected chi connectivity index (χ4v) is 4.99. The largest absolute Gasteiger partial charge is 0.444 e. The van der Waals surface area contributed by atoms with Crippen LogP contribution in [0.5, 0.6) is 11.5 Å². The van der Waals surface area contributed by atoms with Gasteiger partial charge >= 0.3 is 6.09 Å². The van der Waals surface area contributed by atoms with Crippen molar-refractivity contribution in [2.24, 2.45) is 0 Å². The molecule has 1 amide bonds. The molecule has 1 saturated carbocycles. The van der Waals surface area contributed by atoms with Crippen LogP contribution in [-0.2, 0) is 10.5 Å². The number of amides is 1. The number of nitriles is 1. The number of halogens is 1. The summed E-state index contributed by atoms with van der Waals surface area (Å²) in [6.07, 6.45) is 1.60. The first-order valence-electron chi connectivity index (χ1n) is 11.6. The van der Waals surface area contributed by atoms with E-state index < -0.39 is 17.2 Å². The van der Waals surface area contributed by atoms with Crippen molar-refractivity contribution in [2.75, 3.05) is 18.0 Å². The number of hydrogen-bond acceptors (Lipinski definition) is 6. The summed E-state index contributed by atoms with van der Waals surface area (Å²) in [6.45, 7) is 8.46. The molecular formula is C26H28FN3O4. The van der Waals surface area contributed by atoms with E-state index in [9.17, 15) is 9.18 Å². The number of para-hydroxylation sites is 1. The van der Waals surface area contributed by atoms with Crippen LogP contribution in [0.3, 0.4) is 0 Å². The van der Waals surface area contributed by atoms with E-state index in [4.69, 9.17) is 19.5 Å². The molecule has 2 unspecified atom stereocenters. The highest BCUT2D eigenvalue weighted by molar-refractivity contribution is 5.72. The first kappa shape index (κ1) is 22.3. The second-order valence-electron chi connectivity index (χ2n) is 10.1. The highest BCUT2D eigenvalue weighted by Crippen LogP contribution is 2.51. The van der Waals surface area contributed by atoms with Crippen LogP contribution in [0.15, 0.2) is 36.4 Å². The van der Waals surface area contributed by atoms with Crippen LogP contribution < -0.4 is 14.4 Å². The number of carbonyl (C=O) groups is 1. The third-order valence-electron chi connectivity index (χ3n) is 6.67. The molecular weight excluding hydrogens is 437 g/mol. The van der Waals surface area contributed by atoms with Gasteiger partial charge < -0.3 is 24.0 Å². The summed E-state index contributed by atoms with van der Waals surface area (Å²) in [6, 6.07) is 12.1. The van der Waals surface area contributed by atoms with Gasteiger partial charge in [0.1, 0.15) is 11.4 Å². The maximum Gasteiger partial charge on any atom is 0.410 e. The number of nitrogens with zero attached hydrogens (tertiary/aromatic N) is 3. The highest BCUT2D eigenvalue weighted by atomic mass is 19.1. The summed E-state index contributed by atoms with van der Waals surface area (Å²) in [5.41, 5.74) is 0.794. The Bertz CT molecular complexity index is 1190. The molecule has 0 aromatic heterocycles. The number of rotatable bonds is 2. The predicted octanol–water partition coefficient (Wildman–Crippen LogP) is 4.93. The van der Waals surface area contributed by atoms with Crippen molar-refractivity contribution in [3.05, 3.63) is 53.3 Å². The van der Waals surface area contributed by atoms with Crippen LogP contribution in [0.2, 0.25) is 0 Å². The average molecular weight is 466 g/mol. The third kappa shape index (κ3) is 3.69. The van der Waals surface area contributed by atoms with E-state index in [1.807, 2.05) is 43.9 Å². The zero-order chi connectivity index (χ0) is 24.3. The standard InChI is InChI=1S/C26H28FN3O4/c1-25(2,3)34-24(31)30-13-12-29(19-10-11-20(19)30)21-6-5-7-22-23(21)33-26(4,32-22)17-9-8-16(15-28)14-18(17)27/h5-9,14,19-20H,10-13H2,1-4H3/t19?,20?,26-/m1/s1. The molecule has 7 nitrogen and oxygen atoms in total. The fraction of sp³-hybridized carbons (Fsp3) is 0.462. The van der Waals surface area contributed by atoms with Gasteiger partial charge in [0.25, 0.3) is 5.79 Å². The summed E-state index contributed by atoms with van der Waals surface area (Å²) in [5.74, 6) is -0.811. The van der Waals surface area contributed by atoms with Crippen LogP contribution in [0, 0.1) is 17.1 Å². The van der Waals surface area contributed by atoms with Crippen molar-refractivity contribution in [1.29, 1.82) is 5.26 Å². The maximum atomic E-state index is 14.8. The van der Waals surface area contributed by atoms with Gasteiger partial charge in [0, 0.05) is 26.1 Å². The molecule has 3 atom stereocenters. The minimum absolute atomic E-state index is 0.0733. The SMILES string of the molecule is CC(C)(C)OC(=O)N1CCN(c2cccc3c2O[C@](C)(c2ccc(C#N)cc2F)O3)C2CCC21. The summed E-state index contributed by atoms with van der Waals surface area (Å²) in [5, 5.41) is 9.05. The molecule has 2 heterocycles. The highest BCUT2D eigenvalue weighted by Gasteiger charge is 2.48. The summed E-state index contributed by atoms with van der Waals surface area (Å²) in [4.78, 5) is 16.8.